The Labute approximate surface area is 120 Å². The number of pyridine rings is 1. The molecule has 2 nitrogen and oxygen atoms in total. The lowest BCUT2D eigenvalue weighted by Gasteiger charge is -2.17. The first-order valence-electron chi connectivity index (χ1n) is 7.00. The molecule has 0 spiro atoms. The molecule has 0 aliphatic heterocycles. The van der Waals surface area contributed by atoms with Crippen LogP contribution in [-0.4, -0.2) is 18.1 Å². The molecule has 1 heterocycles. The van der Waals surface area contributed by atoms with Crippen LogP contribution in [0.3, 0.4) is 0 Å². The highest BCUT2D eigenvalue weighted by Crippen LogP contribution is 2.14. The molecule has 0 saturated carbocycles. The van der Waals surface area contributed by atoms with Crippen LogP contribution in [0.15, 0.2) is 42.7 Å². The lowest BCUT2D eigenvalue weighted by atomic mass is 9.97. The molecular formula is C17H21FN2. The predicted molar refractivity (Wildman–Crippen MR) is 80.2 cm³/mol. The standard InChI is InChI=1S/C17H21FN2/c1-13-11-16(18)5-4-15(13)12-17(19-2)6-3-14-7-9-20-10-8-14/h4-5,7-11,17,19H,3,6,12H2,1-2H3. The minimum Gasteiger partial charge on any atom is -0.317 e. The number of nitrogens with one attached hydrogen (secondary N) is 1. The highest BCUT2D eigenvalue weighted by atomic mass is 19.1. The van der Waals surface area contributed by atoms with Gasteiger partial charge in [-0.05, 0) is 74.2 Å². The van der Waals surface area contributed by atoms with Gasteiger partial charge in [0.1, 0.15) is 5.82 Å². The number of halogens is 1. The van der Waals surface area contributed by atoms with Crippen molar-refractivity contribution in [2.75, 3.05) is 7.05 Å². The summed E-state index contributed by atoms with van der Waals surface area (Å²) in [6, 6.07) is 9.53. The summed E-state index contributed by atoms with van der Waals surface area (Å²) < 4.78 is 13.1. The molecule has 1 aromatic heterocycles. The summed E-state index contributed by atoms with van der Waals surface area (Å²) in [6.07, 6.45) is 6.65. The third-order valence-corrected chi connectivity index (χ3v) is 3.71. The normalized spacial score (nSPS) is 12.3. The summed E-state index contributed by atoms with van der Waals surface area (Å²) in [5.41, 5.74) is 3.53. The lowest BCUT2D eigenvalue weighted by Crippen LogP contribution is -2.28. The van der Waals surface area contributed by atoms with E-state index in [1.807, 2.05) is 32.4 Å². The van der Waals surface area contributed by atoms with Gasteiger partial charge in [0.05, 0.1) is 0 Å². The van der Waals surface area contributed by atoms with Gasteiger partial charge in [0, 0.05) is 18.4 Å². The van der Waals surface area contributed by atoms with Crippen molar-refractivity contribution in [2.24, 2.45) is 0 Å². The van der Waals surface area contributed by atoms with Gasteiger partial charge in [-0.3, -0.25) is 4.98 Å². The molecule has 0 aliphatic carbocycles. The Morgan fingerprint density at radius 2 is 1.95 bits per heavy atom. The van der Waals surface area contributed by atoms with Gasteiger partial charge in [0.2, 0.25) is 0 Å². The maximum absolute atomic E-state index is 13.1. The second-order valence-electron chi connectivity index (χ2n) is 5.15. The second kappa shape index (κ2) is 7.15. The Kier molecular flexibility index (Phi) is 5.24. The summed E-state index contributed by atoms with van der Waals surface area (Å²) in [5.74, 6) is -0.163. The number of aromatic nitrogens is 1. The molecule has 1 N–H and O–H groups in total. The molecule has 1 atom stereocenters. The van der Waals surface area contributed by atoms with Crippen LogP contribution < -0.4 is 5.32 Å². The fourth-order valence-corrected chi connectivity index (χ4v) is 2.39. The molecule has 0 radical (unpaired) electrons. The largest absolute Gasteiger partial charge is 0.317 e. The molecule has 1 unspecified atom stereocenters. The third-order valence-electron chi connectivity index (χ3n) is 3.71. The maximum atomic E-state index is 13.1. The zero-order valence-corrected chi connectivity index (χ0v) is 12.1. The van der Waals surface area contributed by atoms with E-state index < -0.39 is 0 Å². The number of likely N-dealkylation sites (N-methyl/N-ethyl adjacent to an activating group) is 1. The number of hydrogen-bond acceptors (Lipinski definition) is 2. The molecule has 106 valence electrons. The average molecular weight is 272 g/mol. The average Bonchev–Trinajstić information content (AvgIpc) is 2.46. The van der Waals surface area contributed by atoms with Gasteiger partial charge in [-0.2, -0.15) is 0 Å². The molecule has 20 heavy (non-hydrogen) atoms. The Balaban J connectivity index is 1.95. The van der Waals surface area contributed by atoms with Crippen molar-refractivity contribution in [3.63, 3.8) is 0 Å². The van der Waals surface area contributed by atoms with Crippen LogP contribution in [0.5, 0.6) is 0 Å². The van der Waals surface area contributed by atoms with Crippen molar-refractivity contribution in [1.29, 1.82) is 0 Å². The van der Waals surface area contributed by atoms with Gasteiger partial charge in [0.25, 0.3) is 0 Å². The van der Waals surface area contributed by atoms with Gasteiger partial charge in [-0.1, -0.05) is 6.07 Å². The first-order valence-corrected chi connectivity index (χ1v) is 7.00. The Morgan fingerprint density at radius 3 is 2.60 bits per heavy atom. The first kappa shape index (κ1) is 14.7. The molecule has 0 amide bonds. The van der Waals surface area contributed by atoms with Gasteiger partial charge in [0.15, 0.2) is 0 Å². The zero-order chi connectivity index (χ0) is 14.4. The maximum Gasteiger partial charge on any atom is 0.123 e. The monoisotopic (exact) mass is 272 g/mol. The van der Waals surface area contributed by atoms with Gasteiger partial charge < -0.3 is 5.32 Å². The van der Waals surface area contributed by atoms with E-state index in [0.29, 0.717) is 6.04 Å². The predicted octanol–water partition coefficient (Wildman–Crippen LogP) is 3.29. The van der Waals surface area contributed by atoms with Crippen molar-refractivity contribution in [3.05, 3.63) is 65.2 Å². The van der Waals surface area contributed by atoms with E-state index in [4.69, 9.17) is 0 Å². The van der Waals surface area contributed by atoms with Gasteiger partial charge in [-0.15, -0.1) is 0 Å². The number of aryl methyl sites for hydroxylation is 2. The molecule has 0 bridgehead atoms. The highest BCUT2D eigenvalue weighted by molar-refractivity contribution is 5.27. The molecule has 0 fully saturated rings. The van der Waals surface area contributed by atoms with E-state index in [1.165, 1.54) is 17.2 Å². The van der Waals surface area contributed by atoms with Crippen LogP contribution in [0.4, 0.5) is 4.39 Å². The van der Waals surface area contributed by atoms with Crippen LogP contribution in [0, 0.1) is 12.7 Å². The van der Waals surface area contributed by atoms with E-state index in [-0.39, 0.29) is 5.82 Å². The molecular weight excluding hydrogens is 251 g/mol. The second-order valence-corrected chi connectivity index (χ2v) is 5.15. The minimum atomic E-state index is -0.163. The topological polar surface area (TPSA) is 24.9 Å². The molecule has 2 aromatic rings. The number of rotatable bonds is 6. The number of nitrogens with zero attached hydrogens (tertiary/aromatic N) is 1. The Bertz CT molecular complexity index is 540. The summed E-state index contributed by atoms with van der Waals surface area (Å²) in [4.78, 5) is 4.03. The third kappa shape index (κ3) is 4.14. The van der Waals surface area contributed by atoms with Crippen molar-refractivity contribution in [2.45, 2.75) is 32.2 Å². The minimum absolute atomic E-state index is 0.163. The van der Waals surface area contributed by atoms with E-state index in [9.17, 15) is 4.39 Å². The van der Waals surface area contributed by atoms with Crippen molar-refractivity contribution >= 4 is 0 Å². The van der Waals surface area contributed by atoms with E-state index in [0.717, 1.165) is 24.8 Å². The molecule has 1 aromatic carbocycles. The van der Waals surface area contributed by atoms with Crippen LogP contribution >= 0.6 is 0 Å². The molecule has 0 aliphatic rings. The van der Waals surface area contributed by atoms with E-state index in [1.54, 1.807) is 6.07 Å². The van der Waals surface area contributed by atoms with Crippen LogP contribution in [-0.2, 0) is 12.8 Å². The fourth-order valence-electron chi connectivity index (χ4n) is 2.39. The van der Waals surface area contributed by atoms with Crippen LogP contribution in [0.25, 0.3) is 0 Å². The van der Waals surface area contributed by atoms with Gasteiger partial charge in [-0.25, -0.2) is 4.39 Å². The van der Waals surface area contributed by atoms with Gasteiger partial charge >= 0.3 is 0 Å². The van der Waals surface area contributed by atoms with Crippen molar-refractivity contribution in [3.8, 4) is 0 Å². The summed E-state index contributed by atoms with van der Waals surface area (Å²) >= 11 is 0. The molecule has 2 rings (SSSR count). The number of benzene rings is 1. The smallest absolute Gasteiger partial charge is 0.123 e. The summed E-state index contributed by atoms with van der Waals surface area (Å²) in [5, 5.41) is 3.35. The van der Waals surface area contributed by atoms with E-state index in [2.05, 4.69) is 22.4 Å². The van der Waals surface area contributed by atoms with Crippen LogP contribution in [0.2, 0.25) is 0 Å². The Hall–Kier alpha value is -1.74. The summed E-state index contributed by atoms with van der Waals surface area (Å²) in [6.45, 7) is 1.97. The van der Waals surface area contributed by atoms with E-state index >= 15 is 0 Å². The fraction of sp³-hybridized carbons (Fsp3) is 0.353. The SMILES string of the molecule is CNC(CCc1ccncc1)Cc1ccc(F)cc1C. The van der Waals surface area contributed by atoms with Crippen LogP contribution in [0.1, 0.15) is 23.1 Å². The lowest BCUT2D eigenvalue weighted by molar-refractivity contribution is 0.518. The highest BCUT2D eigenvalue weighted by Gasteiger charge is 2.10. The first-order chi connectivity index (χ1) is 9.69. The van der Waals surface area contributed by atoms with Crippen molar-refractivity contribution < 1.29 is 4.39 Å². The zero-order valence-electron chi connectivity index (χ0n) is 12.1. The molecule has 0 saturated heterocycles. The molecule has 3 heteroatoms. The quantitative estimate of drug-likeness (QED) is 0.873. The van der Waals surface area contributed by atoms with Crippen molar-refractivity contribution in [1.82, 2.24) is 10.3 Å². The Morgan fingerprint density at radius 1 is 1.20 bits per heavy atom. The number of hydrogen-bond donors (Lipinski definition) is 1. The summed E-state index contributed by atoms with van der Waals surface area (Å²) in [7, 11) is 1.98.